The van der Waals surface area contributed by atoms with Crippen LogP contribution in [-0.4, -0.2) is 33.9 Å². The van der Waals surface area contributed by atoms with Gasteiger partial charge in [-0.15, -0.1) is 20.2 Å². The molecule has 0 atom stereocenters. The van der Waals surface area contributed by atoms with Crippen molar-refractivity contribution >= 4 is 37.1 Å². The fraction of sp³-hybridized carbons (Fsp3) is 0.0769. The number of benzene rings is 4. The molecule has 4 aromatic carbocycles. The molecular weight excluding hydrogens is 693 g/mol. The molecule has 4 rings (SSSR count). The molecule has 0 aliphatic carbocycles. The van der Waals surface area contributed by atoms with E-state index in [4.69, 9.17) is 30.6 Å². The normalized spacial score (nSPS) is 9.19. The molecule has 0 aromatic heterocycles. The Hall–Kier alpha value is -3.17. The van der Waals surface area contributed by atoms with Crippen LogP contribution in [-0.2, 0) is 21.1 Å². The number of rotatable bonds is 4. The summed E-state index contributed by atoms with van der Waals surface area (Å²) in [5, 5.41) is 33.2. The standard InChI is InChI=1S/2C13H13P.2HNO3.Pt/c2*1-14(12-8-4-2-5-9-12)13-10-6-3-7-11-13;2*2-1(3)4;/h2*2-11H,1H3;2*(H,2,3,4);/p+2. The van der Waals surface area contributed by atoms with Gasteiger partial charge in [-0.1, -0.05) is 72.8 Å². The number of hydrogen-bond acceptors (Lipinski definition) is 4. The van der Waals surface area contributed by atoms with Gasteiger partial charge >= 0.3 is 0 Å². The van der Waals surface area contributed by atoms with Crippen LogP contribution in [0.4, 0.5) is 0 Å². The van der Waals surface area contributed by atoms with E-state index in [1.54, 1.807) is 0 Å². The van der Waals surface area contributed by atoms with Gasteiger partial charge < -0.3 is 10.4 Å². The summed E-state index contributed by atoms with van der Waals surface area (Å²) in [4.78, 5) is 16.7. The van der Waals surface area contributed by atoms with Gasteiger partial charge in [0, 0.05) is 21.1 Å². The fourth-order valence-electron chi connectivity index (χ4n) is 3.09. The topological polar surface area (TPSA) is 127 Å². The third kappa shape index (κ3) is 15.5. The third-order valence-electron chi connectivity index (χ3n) is 4.83. The van der Waals surface area contributed by atoms with Gasteiger partial charge in [0.15, 0.2) is 0 Å². The Kier molecular flexibility index (Phi) is 18.2. The minimum Gasteiger partial charge on any atom is -0.328 e. The maximum atomic E-state index is 8.36. The molecule has 11 heteroatoms. The van der Waals surface area contributed by atoms with Crippen molar-refractivity contribution in [3.8, 4) is 0 Å². The van der Waals surface area contributed by atoms with Gasteiger partial charge in [0.1, 0.15) is 0 Å². The van der Waals surface area contributed by atoms with E-state index in [2.05, 4.69) is 135 Å². The van der Waals surface area contributed by atoms with Crippen molar-refractivity contribution in [1.29, 1.82) is 0 Å². The largest absolute Gasteiger partial charge is 0.328 e. The molecule has 0 radical (unpaired) electrons. The second-order valence-corrected chi connectivity index (χ2v) is 12.0. The first-order valence-electron chi connectivity index (χ1n) is 10.8. The molecule has 0 bridgehead atoms. The maximum Gasteiger partial charge on any atom is 0.291 e. The average molecular weight is 724 g/mol. The summed E-state index contributed by atoms with van der Waals surface area (Å²) in [7, 11) is -1.09. The van der Waals surface area contributed by atoms with Gasteiger partial charge in [-0.05, 0) is 48.5 Å². The van der Waals surface area contributed by atoms with Gasteiger partial charge in [-0.25, -0.2) is 0 Å². The first-order chi connectivity index (χ1) is 17.2. The predicted octanol–water partition coefficient (Wildman–Crippen LogP) is 4.26. The van der Waals surface area contributed by atoms with Crippen LogP contribution in [0.25, 0.3) is 0 Å². The minimum absolute atomic E-state index is 0. The van der Waals surface area contributed by atoms with Crippen molar-refractivity contribution in [2.75, 3.05) is 13.3 Å². The van der Waals surface area contributed by atoms with Crippen molar-refractivity contribution in [2.45, 2.75) is 0 Å². The predicted molar refractivity (Wildman–Crippen MR) is 150 cm³/mol. The Bertz CT molecular complexity index is 965. The summed E-state index contributed by atoms with van der Waals surface area (Å²) in [5.41, 5.74) is 0. The van der Waals surface area contributed by atoms with E-state index in [9.17, 15) is 0 Å². The first-order valence-corrected chi connectivity index (χ1v) is 14.8. The Morgan fingerprint density at radius 1 is 0.486 bits per heavy atom. The van der Waals surface area contributed by atoms with Crippen molar-refractivity contribution < 1.29 is 41.7 Å². The van der Waals surface area contributed by atoms with Gasteiger partial charge in [0.2, 0.25) is 0 Å². The van der Waals surface area contributed by atoms with Crippen LogP contribution < -0.4 is 21.2 Å². The molecular formula is C26H30N2O6P2Pt+2. The van der Waals surface area contributed by atoms with E-state index in [-0.39, 0.29) is 21.1 Å². The van der Waals surface area contributed by atoms with Crippen LogP contribution in [0.1, 0.15) is 0 Å². The molecule has 0 saturated carbocycles. The Morgan fingerprint density at radius 3 is 0.757 bits per heavy atom. The molecule has 0 unspecified atom stereocenters. The fourth-order valence-corrected chi connectivity index (χ4v) is 6.52. The molecule has 0 fully saturated rings. The van der Waals surface area contributed by atoms with Gasteiger partial charge in [0.25, 0.3) is 10.2 Å². The summed E-state index contributed by atoms with van der Waals surface area (Å²) < 4.78 is 0. The summed E-state index contributed by atoms with van der Waals surface area (Å²) in [5.74, 6) is 0. The zero-order valence-corrected chi connectivity index (χ0v) is 24.6. The van der Waals surface area contributed by atoms with Crippen molar-refractivity contribution in [1.82, 2.24) is 0 Å². The van der Waals surface area contributed by atoms with E-state index in [1.165, 1.54) is 21.2 Å². The van der Waals surface area contributed by atoms with Crippen LogP contribution in [0.2, 0.25) is 0 Å². The quantitative estimate of drug-likeness (QED) is 0.184. The van der Waals surface area contributed by atoms with Gasteiger partial charge in [-0.3, -0.25) is 0 Å². The van der Waals surface area contributed by atoms with E-state index < -0.39 is 26.0 Å². The second-order valence-electron chi connectivity index (χ2n) is 7.19. The van der Waals surface area contributed by atoms with Gasteiger partial charge in [-0.2, -0.15) is 0 Å². The molecule has 8 nitrogen and oxygen atoms in total. The molecule has 0 saturated heterocycles. The maximum absolute atomic E-state index is 8.36. The van der Waals surface area contributed by atoms with Crippen LogP contribution >= 0.6 is 15.8 Å². The molecule has 0 amide bonds. The molecule has 0 heterocycles. The average Bonchev–Trinajstić information content (AvgIpc) is 2.89. The Balaban J connectivity index is 0.000000535. The molecule has 4 aromatic rings. The van der Waals surface area contributed by atoms with Crippen LogP contribution in [0.15, 0.2) is 121 Å². The van der Waals surface area contributed by atoms with Crippen LogP contribution in [0.3, 0.4) is 0 Å². The Morgan fingerprint density at radius 2 is 0.622 bits per heavy atom. The van der Waals surface area contributed by atoms with E-state index in [0.717, 1.165) is 0 Å². The molecule has 0 aliphatic heterocycles. The zero-order chi connectivity index (χ0) is 26.8. The van der Waals surface area contributed by atoms with Crippen LogP contribution in [0.5, 0.6) is 0 Å². The monoisotopic (exact) mass is 723 g/mol. The first kappa shape index (κ1) is 33.8. The summed E-state index contributed by atoms with van der Waals surface area (Å²) in [6.45, 7) is 4.69. The van der Waals surface area contributed by atoms with Crippen LogP contribution in [0, 0.1) is 20.2 Å². The smallest absolute Gasteiger partial charge is 0.291 e. The van der Waals surface area contributed by atoms with E-state index in [1.807, 2.05) is 0 Å². The summed E-state index contributed by atoms with van der Waals surface area (Å²) in [6, 6.07) is 43.0. The number of nitrogens with zero attached hydrogens (tertiary/aromatic N) is 2. The Labute approximate surface area is 233 Å². The third-order valence-corrected chi connectivity index (χ3v) is 9.62. The van der Waals surface area contributed by atoms with Gasteiger partial charge in [0.05, 0.1) is 50.4 Å². The van der Waals surface area contributed by atoms with E-state index >= 15 is 0 Å². The number of hydrogen-bond donors (Lipinski definition) is 2. The van der Waals surface area contributed by atoms with Crippen molar-refractivity contribution in [3.05, 3.63) is 142 Å². The minimum atomic E-state index is -1.50. The molecule has 2 N–H and O–H groups in total. The summed E-state index contributed by atoms with van der Waals surface area (Å²) >= 11 is 0. The molecule has 0 spiro atoms. The van der Waals surface area contributed by atoms with Crippen molar-refractivity contribution in [2.24, 2.45) is 0 Å². The SMILES string of the molecule is C[PH+](c1ccccc1)c1ccccc1.C[PH+](c1ccccc1)c1ccccc1.O=[N+]([O-])O.O=[N+]([O-])O.[Pt]. The van der Waals surface area contributed by atoms with E-state index in [0.29, 0.717) is 0 Å². The molecule has 37 heavy (non-hydrogen) atoms. The van der Waals surface area contributed by atoms with Crippen molar-refractivity contribution in [3.63, 3.8) is 0 Å². The molecule has 198 valence electrons. The summed E-state index contributed by atoms with van der Waals surface area (Å²) in [6.07, 6.45) is 0. The zero-order valence-electron chi connectivity index (χ0n) is 20.3. The molecule has 0 aliphatic rings. The second kappa shape index (κ2) is 20.0.